The number of carbonyl (C=O) groups is 2. The lowest BCUT2D eigenvalue weighted by atomic mass is 10.2. The highest BCUT2D eigenvalue weighted by atomic mass is 32.2. The Kier molecular flexibility index (Phi) is 8.09. The summed E-state index contributed by atoms with van der Waals surface area (Å²) in [5.41, 5.74) is 1.10. The van der Waals surface area contributed by atoms with Gasteiger partial charge in [-0.15, -0.1) is 11.8 Å². The van der Waals surface area contributed by atoms with Gasteiger partial charge >= 0.3 is 11.9 Å². The zero-order valence-electron chi connectivity index (χ0n) is 13.8. The van der Waals surface area contributed by atoms with E-state index in [0.29, 0.717) is 5.25 Å². The first-order valence-corrected chi connectivity index (χ1v) is 8.49. The van der Waals surface area contributed by atoms with Crippen molar-refractivity contribution in [2.24, 2.45) is 0 Å². The summed E-state index contributed by atoms with van der Waals surface area (Å²) in [4.78, 5) is 28.0. The number of aliphatic carboxylic acids is 2. The third-order valence-electron chi connectivity index (χ3n) is 3.19. The minimum Gasteiger partial charge on any atom is -0.473 e. The highest BCUT2D eigenvalue weighted by molar-refractivity contribution is 8.00. The van der Waals surface area contributed by atoms with Gasteiger partial charge in [-0.3, -0.25) is 0 Å². The van der Waals surface area contributed by atoms with Crippen LogP contribution in [-0.4, -0.2) is 81.4 Å². The lowest BCUT2D eigenvalue weighted by Crippen LogP contribution is -2.31. The number of aromatic nitrogens is 1. The first kappa shape index (κ1) is 20.3. The molecule has 1 aromatic rings. The summed E-state index contributed by atoms with van der Waals surface area (Å²) in [7, 11) is 6.30. The zero-order chi connectivity index (χ0) is 18.3. The molecule has 1 aliphatic rings. The highest BCUT2D eigenvalue weighted by Gasteiger charge is 2.24. The van der Waals surface area contributed by atoms with Gasteiger partial charge in [-0.05, 0) is 39.2 Å². The summed E-state index contributed by atoms with van der Waals surface area (Å²) < 4.78 is 0. The van der Waals surface area contributed by atoms with Crippen LogP contribution in [-0.2, 0) is 9.59 Å². The summed E-state index contributed by atoms with van der Waals surface area (Å²) >= 11 is 7.38. The number of pyridine rings is 1. The van der Waals surface area contributed by atoms with Crippen LogP contribution < -0.4 is 0 Å². The molecule has 0 radical (unpaired) electrons. The van der Waals surface area contributed by atoms with E-state index in [2.05, 4.69) is 42.0 Å². The fourth-order valence-electron chi connectivity index (χ4n) is 1.99. The molecule has 1 atom stereocenters. The van der Waals surface area contributed by atoms with Gasteiger partial charge in [0.15, 0.2) is 0 Å². The third kappa shape index (κ3) is 6.42. The molecule has 0 aromatic carbocycles. The first-order chi connectivity index (χ1) is 11.2. The van der Waals surface area contributed by atoms with Gasteiger partial charge in [0.2, 0.25) is 0 Å². The molecule has 0 saturated heterocycles. The molecule has 0 bridgehead atoms. The van der Waals surface area contributed by atoms with Crippen molar-refractivity contribution in [3.63, 3.8) is 0 Å². The van der Waals surface area contributed by atoms with Crippen LogP contribution in [0.5, 0.6) is 0 Å². The number of hydrogen-bond donors (Lipinski definition) is 2. The topological polar surface area (TPSA) is 94.0 Å². The van der Waals surface area contributed by atoms with Crippen LogP contribution in [0, 0.1) is 0 Å². The number of rotatable bonds is 3. The quantitative estimate of drug-likeness (QED) is 0.602. The Morgan fingerprint density at radius 3 is 2.58 bits per heavy atom. The van der Waals surface area contributed by atoms with E-state index < -0.39 is 11.9 Å². The van der Waals surface area contributed by atoms with Gasteiger partial charge < -0.3 is 20.0 Å². The van der Waals surface area contributed by atoms with E-state index in [1.165, 1.54) is 0 Å². The number of carboxylic acid groups (broad SMARTS) is 2. The van der Waals surface area contributed by atoms with Crippen LogP contribution in [0.3, 0.4) is 0 Å². The molecule has 0 fully saturated rings. The number of nitrogens with zero attached hydrogens (tertiary/aromatic N) is 3. The van der Waals surface area contributed by atoms with Crippen LogP contribution in [0.1, 0.15) is 12.0 Å². The largest absolute Gasteiger partial charge is 0.473 e. The van der Waals surface area contributed by atoms with Crippen molar-refractivity contribution < 1.29 is 19.8 Å². The van der Waals surface area contributed by atoms with Gasteiger partial charge in [-0.25, -0.2) is 14.6 Å². The lowest BCUT2D eigenvalue weighted by Gasteiger charge is -2.22. The van der Waals surface area contributed by atoms with Crippen LogP contribution in [0.15, 0.2) is 23.4 Å². The maximum absolute atomic E-state index is 9.10. The standard InChI is InChI=1S/C13H19N3S2.C2H2O4/c1-15(2)8-6-10-9-16(3)13(17)11-5-4-7-14-12(11)18-10;3-1(4)2(5)6/h4-5,7,10H,6,8-9H2,1-3H3;(H,3,4)(H,5,6). The molecule has 1 aromatic heterocycles. The van der Waals surface area contributed by atoms with Crippen LogP contribution in [0.2, 0.25) is 0 Å². The molecule has 0 saturated carbocycles. The number of thiocarbonyl (C=S) groups is 1. The number of hydrogen-bond acceptors (Lipinski definition) is 6. The van der Waals surface area contributed by atoms with E-state index in [0.717, 1.165) is 35.1 Å². The Morgan fingerprint density at radius 2 is 2.04 bits per heavy atom. The predicted molar refractivity (Wildman–Crippen MR) is 96.7 cm³/mol. The van der Waals surface area contributed by atoms with Gasteiger partial charge in [-0.1, -0.05) is 12.2 Å². The van der Waals surface area contributed by atoms with E-state index in [-0.39, 0.29) is 0 Å². The Hall–Kier alpha value is -1.71. The fourth-order valence-corrected chi connectivity index (χ4v) is 3.54. The molecule has 24 heavy (non-hydrogen) atoms. The van der Waals surface area contributed by atoms with Crippen molar-refractivity contribution in [1.82, 2.24) is 14.8 Å². The molecule has 1 aliphatic heterocycles. The summed E-state index contributed by atoms with van der Waals surface area (Å²) in [5.74, 6) is -3.65. The van der Waals surface area contributed by atoms with E-state index >= 15 is 0 Å². The predicted octanol–water partition coefficient (Wildman–Crippen LogP) is 1.27. The molecule has 0 aliphatic carbocycles. The van der Waals surface area contributed by atoms with Gasteiger partial charge in [0.25, 0.3) is 0 Å². The van der Waals surface area contributed by atoms with Crippen LogP contribution in [0.25, 0.3) is 0 Å². The summed E-state index contributed by atoms with van der Waals surface area (Å²) in [6.45, 7) is 2.09. The monoisotopic (exact) mass is 371 g/mol. The number of thioether (sulfide) groups is 1. The molecule has 9 heteroatoms. The maximum atomic E-state index is 9.10. The molecule has 2 heterocycles. The van der Waals surface area contributed by atoms with Gasteiger partial charge in [0, 0.05) is 30.6 Å². The van der Waals surface area contributed by atoms with Crippen molar-refractivity contribution in [2.75, 3.05) is 34.2 Å². The second-order valence-corrected chi connectivity index (χ2v) is 7.16. The van der Waals surface area contributed by atoms with E-state index in [9.17, 15) is 0 Å². The van der Waals surface area contributed by atoms with Crippen molar-refractivity contribution in [2.45, 2.75) is 16.7 Å². The molecule has 1 unspecified atom stereocenters. The fraction of sp³-hybridized carbons (Fsp3) is 0.467. The van der Waals surface area contributed by atoms with E-state index in [1.807, 2.05) is 24.0 Å². The van der Waals surface area contributed by atoms with Crippen LogP contribution >= 0.6 is 24.0 Å². The smallest absolute Gasteiger partial charge is 0.414 e. The van der Waals surface area contributed by atoms with Crippen molar-refractivity contribution in [1.29, 1.82) is 0 Å². The van der Waals surface area contributed by atoms with Crippen molar-refractivity contribution in [3.05, 3.63) is 23.9 Å². The number of fused-ring (bicyclic) bond motifs is 1. The molecule has 2 N–H and O–H groups in total. The minimum absolute atomic E-state index is 0.548. The van der Waals surface area contributed by atoms with E-state index in [4.69, 9.17) is 32.0 Å². The SMILES string of the molecule is CN(C)CCC1CN(C)C(=S)c2cccnc2S1.O=C(O)C(=O)O. The summed E-state index contributed by atoms with van der Waals surface area (Å²) in [6, 6.07) is 4.03. The second-order valence-electron chi connectivity index (χ2n) is 5.48. The summed E-state index contributed by atoms with van der Waals surface area (Å²) in [6.07, 6.45) is 3.00. The van der Waals surface area contributed by atoms with Gasteiger partial charge in [0.05, 0.1) is 0 Å². The van der Waals surface area contributed by atoms with E-state index in [1.54, 1.807) is 0 Å². The average molecular weight is 371 g/mol. The lowest BCUT2D eigenvalue weighted by molar-refractivity contribution is -0.159. The first-order valence-electron chi connectivity index (χ1n) is 7.20. The van der Waals surface area contributed by atoms with Crippen molar-refractivity contribution in [3.8, 4) is 0 Å². The van der Waals surface area contributed by atoms with Crippen molar-refractivity contribution >= 4 is 40.9 Å². The van der Waals surface area contributed by atoms with Gasteiger partial charge in [-0.2, -0.15) is 0 Å². The molecule has 0 spiro atoms. The molecule has 132 valence electrons. The average Bonchev–Trinajstić information content (AvgIpc) is 2.63. The Bertz CT molecular complexity index is 598. The summed E-state index contributed by atoms with van der Waals surface area (Å²) in [5, 5.41) is 16.4. The highest BCUT2D eigenvalue weighted by Crippen LogP contribution is 2.31. The van der Waals surface area contributed by atoms with Crippen LogP contribution in [0.4, 0.5) is 0 Å². The molecule has 0 amide bonds. The second kappa shape index (κ2) is 9.55. The normalized spacial score (nSPS) is 16.8. The Balaban J connectivity index is 0.000000413. The molecular weight excluding hydrogens is 350 g/mol. The molecular formula is C15H21N3O4S2. The Labute approximate surface area is 150 Å². The molecule has 7 nitrogen and oxygen atoms in total. The zero-order valence-corrected chi connectivity index (χ0v) is 15.4. The number of carboxylic acids is 2. The Morgan fingerprint density at radius 1 is 1.42 bits per heavy atom. The minimum atomic E-state index is -1.82. The molecule has 2 rings (SSSR count). The third-order valence-corrected chi connectivity index (χ3v) is 4.98. The van der Waals surface area contributed by atoms with Gasteiger partial charge in [0.1, 0.15) is 10.0 Å². The maximum Gasteiger partial charge on any atom is 0.414 e.